The van der Waals surface area contributed by atoms with Gasteiger partial charge in [-0.15, -0.1) is 0 Å². The molecule has 2 N–H and O–H groups in total. The third-order valence-electron chi connectivity index (χ3n) is 1.52. The van der Waals surface area contributed by atoms with E-state index in [-0.39, 0.29) is 17.1 Å². The fraction of sp³-hybridized carbons (Fsp3) is 0.400. The highest BCUT2D eigenvalue weighted by molar-refractivity contribution is 5.87. The lowest BCUT2D eigenvalue weighted by atomic mass is 10.4. The van der Waals surface area contributed by atoms with Crippen LogP contribution < -0.4 is 0 Å². The van der Waals surface area contributed by atoms with Crippen LogP contribution in [-0.2, 0) is 19.1 Å². The van der Waals surface area contributed by atoms with Gasteiger partial charge in [-0.2, -0.15) is 0 Å². The smallest absolute Gasteiger partial charge is 0.333 e. The summed E-state index contributed by atoms with van der Waals surface area (Å²) in [4.78, 5) is 29.8. The van der Waals surface area contributed by atoms with Crippen molar-refractivity contribution in [3.63, 3.8) is 0 Å². The Hall–Kier alpha value is -2.37. The molecular formula is C15H24O6. The van der Waals surface area contributed by atoms with Gasteiger partial charge in [-0.3, -0.25) is 0 Å². The summed E-state index contributed by atoms with van der Waals surface area (Å²) < 4.78 is 4.71. The van der Waals surface area contributed by atoms with Crippen molar-refractivity contribution in [3.8, 4) is 0 Å². The van der Waals surface area contributed by atoms with E-state index in [1.165, 1.54) is 13.8 Å². The van der Waals surface area contributed by atoms with Crippen LogP contribution in [0.5, 0.6) is 0 Å². The lowest BCUT2D eigenvalue weighted by molar-refractivity contribution is -0.139. The summed E-state index contributed by atoms with van der Waals surface area (Å²) >= 11 is 0. The van der Waals surface area contributed by atoms with E-state index in [1.807, 2.05) is 6.92 Å². The minimum Gasteiger partial charge on any atom is -0.478 e. The molecule has 0 aliphatic carbocycles. The average molecular weight is 300 g/mol. The number of rotatable bonds is 5. The number of ether oxygens (including phenoxy) is 1. The number of hydrogen-bond donors (Lipinski definition) is 2. The zero-order valence-electron chi connectivity index (χ0n) is 13.1. The van der Waals surface area contributed by atoms with Gasteiger partial charge in [0, 0.05) is 16.7 Å². The van der Waals surface area contributed by atoms with E-state index >= 15 is 0 Å². The molecule has 0 rings (SSSR count). The lowest BCUT2D eigenvalue weighted by Crippen LogP contribution is -2.04. The first-order chi connectivity index (χ1) is 9.47. The number of carboxylic acid groups (broad SMARTS) is 2. The molecule has 0 aromatic carbocycles. The van der Waals surface area contributed by atoms with E-state index < -0.39 is 11.9 Å². The van der Waals surface area contributed by atoms with E-state index in [0.717, 1.165) is 6.42 Å². The Kier molecular flexibility index (Phi) is 15.9. The second-order valence-corrected chi connectivity index (χ2v) is 4.09. The summed E-state index contributed by atoms with van der Waals surface area (Å²) in [5, 5.41) is 15.8. The summed E-state index contributed by atoms with van der Waals surface area (Å²) in [7, 11) is 0. The maximum Gasteiger partial charge on any atom is 0.333 e. The van der Waals surface area contributed by atoms with Gasteiger partial charge in [0.05, 0.1) is 6.61 Å². The van der Waals surface area contributed by atoms with Gasteiger partial charge < -0.3 is 14.9 Å². The molecular weight excluding hydrogens is 276 g/mol. The number of hydrogen-bond acceptors (Lipinski definition) is 4. The fourth-order valence-corrected chi connectivity index (χ4v) is 0.318. The highest BCUT2D eigenvalue weighted by Crippen LogP contribution is 1.91. The molecule has 0 aromatic rings. The van der Waals surface area contributed by atoms with Crippen molar-refractivity contribution < 1.29 is 29.3 Å². The Morgan fingerprint density at radius 2 is 1.14 bits per heavy atom. The van der Waals surface area contributed by atoms with E-state index in [1.54, 1.807) is 6.92 Å². The Labute approximate surface area is 125 Å². The molecule has 0 spiro atoms. The quantitative estimate of drug-likeness (QED) is 0.598. The summed E-state index contributed by atoms with van der Waals surface area (Å²) in [5.74, 6) is -2.16. The highest BCUT2D eigenvalue weighted by atomic mass is 16.5. The van der Waals surface area contributed by atoms with Crippen molar-refractivity contribution in [1.29, 1.82) is 0 Å². The molecule has 0 atom stereocenters. The van der Waals surface area contributed by atoms with E-state index in [4.69, 9.17) is 14.9 Å². The summed E-state index contributed by atoms with van der Waals surface area (Å²) in [6.07, 6.45) is 0.860. The first kappa shape index (κ1) is 23.7. The van der Waals surface area contributed by atoms with Gasteiger partial charge in [0.2, 0.25) is 0 Å². The molecule has 0 saturated heterocycles. The Balaban J connectivity index is -0.000000240. The van der Waals surface area contributed by atoms with Gasteiger partial charge in [0.1, 0.15) is 0 Å². The van der Waals surface area contributed by atoms with Crippen LogP contribution in [0.2, 0.25) is 0 Å². The molecule has 6 nitrogen and oxygen atoms in total. The van der Waals surface area contributed by atoms with E-state index in [0.29, 0.717) is 12.2 Å². The zero-order chi connectivity index (χ0) is 17.6. The van der Waals surface area contributed by atoms with Crippen molar-refractivity contribution >= 4 is 17.9 Å². The molecule has 120 valence electrons. The summed E-state index contributed by atoms with van der Waals surface area (Å²) in [6, 6.07) is 0. The number of carbonyl (C=O) groups is 3. The first-order valence-electron chi connectivity index (χ1n) is 6.07. The Morgan fingerprint density at radius 3 is 1.29 bits per heavy atom. The minimum atomic E-state index is -0.935. The maximum absolute atomic E-state index is 10.6. The monoisotopic (exact) mass is 300 g/mol. The largest absolute Gasteiger partial charge is 0.478 e. The van der Waals surface area contributed by atoms with Crippen LogP contribution in [0.25, 0.3) is 0 Å². The molecule has 0 saturated carbocycles. The van der Waals surface area contributed by atoms with Crippen molar-refractivity contribution in [2.45, 2.75) is 34.1 Å². The van der Waals surface area contributed by atoms with Gasteiger partial charge in [-0.05, 0) is 27.2 Å². The van der Waals surface area contributed by atoms with Crippen LogP contribution >= 0.6 is 0 Å². The fourth-order valence-electron chi connectivity index (χ4n) is 0.318. The number of carbonyl (C=O) groups excluding carboxylic acids is 1. The Bertz CT molecular complexity index is 358. The minimum absolute atomic E-state index is 0.176. The molecule has 0 unspecified atom stereocenters. The number of carboxylic acids is 2. The van der Waals surface area contributed by atoms with Crippen LogP contribution in [0.4, 0.5) is 0 Å². The predicted molar refractivity (Wildman–Crippen MR) is 81.0 cm³/mol. The molecule has 21 heavy (non-hydrogen) atoms. The van der Waals surface area contributed by atoms with Crippen molar-refractivity contribution in [2.24, 2.45) is 0 Å². The van der Waals surface area contributed by atoms with Gasteiger partial charge >= 0.3 is 17.9 Å². The molecule has 0 aliphatic rings. The molecule has 0 aromatic heterocycles. The van der Waals surface area contributed by atoms with Gasteiger partial charge in [-0.25, -0.2) is 14.4 Å². The number of aliphatic carboxylic acids is 2. The van der Waals surface area contributed by atoms with Gasteiger partial charge in [0.15, 0.2) is 0 Å². The van der Waals surface area contributed by atoms with E-state index in [9.17, 15) is 14.4 Å². The molecule has 0 aliphatic heterocycles. The molecule has 0 fully saturated rings. The van der Waals surface area contributed by atoms with Crippen LogP contribution in [0.15, 0.2) is 36.5 Å². The summed E-state index contributed by atoms with van der Waals surface area (Å²) in [5.41, 5.74) is 0.813. The van der Waals surface area contributed by atoms with Crippen molar-refractivity contribution in [1.82, 2.24) is 0 Å². The second-order valence-electron chi connectivity index (χ2n) is 4.09. The van der Waals surface area contributed by atoms with Gasteiger partial charge in [0.25, 0.3) is 0 Å². The number of esters is 1. The lowest BCUT2D eigenvalue weighted by Gasteiger charge is -1.99. The molecule has 0 amide bonds. The second kappa shape index (κ2) is 14.0. The molecule has 0 radical (unpaired) electrons. The van der Waals surface area contributed by atoms with Gasteiger partial charge in [-0.1, -0.05) is 26.7 Å². The normalized spacial score (nSPS) is 8.00. The standard InChI is InChI=1S/C7H12O2.2C4H6O2/c1-4-5-9-7(8)6(2)3;2*1-3(2)4(5)6/h2,4-5H2,1,3H3;2*1H2,2H3,(H,5,6). The van der Waals surface area contributed by atoms with E-state index in [2.05, 4.69) is 19.7 Å². The predicted octanol–water partition coefficient (Wildman–Crippen LogP) is 2.81. The third kappa shape index (κ3) is 23.2. The maximum atomic E-state index is 10.6. The SMILES string of the molecule is C=C(C)C(=O)O.C=C(C)C(=O)O.C=C(C)C(=O)OCCC. The topological polar surface area (TPSA) is 101 Å². The van der Waals surface area contributed by atoms with Crippen LogP contribution in [0.1, 0.15) is 34.1 Å². The molecule has 0 bridgehead atoms. The highest BCUT2D eigenvalue weighted by Gasteiger charge is 1.99. The molecule has 6 heteroatoms. The average Bonchev–Trinajstić information content (AvgIpc) is 2.36. The van der Waals surface area contributed by atoms with Crippen molar-refractivity contribution in [3.05, 3.63) is 36.5 Å². The first-order valence-corrected chi connectivity index (χ1v) is 6.07. The van der Waals surface area contributed by atoms with Crippen LogP contribution in [0, 0.1) is 0 Å². The van der Waals surface area contributed by atoms with Crippen LogP contribution in [-0.4, -0.2) is 34.7 Å². The molecule has 0 heterocycles. The Morgan fingerprint density at radius 1 is 0.857 bits per heavy atom. The zero-order valence-corrected chi connectivity index (χ0v) is 13.1. The van der Waals surface area contributed by atoms with Crippen molar-refractivity contribution in [2.75, 3.05) is 6.61 Å². The third-order valence-corrected chi connectivity index (χ3v) is 1.52. The summed E-state index contributed by atoms with van der Waals surface area (Å²) in [6.45, 7) is 16.7. The van der Waals surface area contributed by atoms with Crippen LogP contribution in [0.3, 0.4) is 0 Å².